The molecule has 0 bridgehead atoms. The molecule has 1 saturated carbocycles. The number of amides is 1. The molecule has 0 saturated heterocycles. The molecule has 5 heteroatoms. The highest BCUT2D eigenvalue weighted by Gasteiger charge is 2.30. The van der Waals surface area contributed by atoms with Crippen LogP contribution in [0.15, 0.2) is 54.6 Å². The van der Waals surface area contributed by atoms with Gasteiger partial charge in [0.25, 0.3) is 0 Å². The number of halogens is 1. The number of carbonyl (C=O) groups is 1. The molecule has 2 aromatic carbocycles. The van der Waals surface area contributed by atoms with E-state index in [0.717, 1.165) is 48.2 Å². The van der Waals surface area contributed by atoms with Crippen LogP contribution in [0.4, 0.5) is 15.2 Å². The molecule has 29 heavy (non-hydrogen) atoms. The van der Waals surface area contributed by atoms with E-state index >= 15 is 0 Å². The summed E-state index contributed by atoms with van der Waals surface area (Å²) in [6, 6.07) is 16.3. The van der Waals surface area contributed by atoms with Gasteiger partial charge in [-0.15, -0.1) is 11.3 Å². The topological polar surface area (TPSA) is 33.2 Å². The average molecular weight is 409 g/mol. The van der Waals surface area contributed by atoms with Gasteiger partial charge in [-0.3, -0.25) is 9.69 Å². The summed E-state index contributed by atoms with van der Waals surface area (Å²) >= 11 is 1.53. The Kier molecular flexibility index (Phi) is 6.05. The number of aromatic nitrogens is 1. The summed E-state index contributed by atoms with van der Waals surface area (Å²) in [5, 5.41) is 0.627. The third-order valence-corrected chi connectivity index (χ3v) is 6.67. The van der Waals surface area contributed by atoms with E-state index in [1.807, 2.05) is 30.3 Å². The molecule has 0 radical (unpaired) electrons. The first-order valence-corrected chi connectivity index (χ1v) is 11.1. The maximum atomic E-state index is 14.0. The number of nitrogens with zero attached hydrogens (tertiary/aromatic N) is 2. The lowest BCUT2D eigenvalue weighted by Crippen LogP contribution is -2.33. The van der Waals surface area contributed by atoms with E-state index < -0.39 is 0 Å². The molecule has 3 nitrogen and oxygen atoms in total. The van der Waals surface area contributed by atoms with E-state index in [4.69, 9.17) is 4.98 Å². The van der Waals surface area contributed by atoms with Gasteiger partial charge in [0.1, 0.15) is 5.82 Å². The first-order chi connectivity index (χ1) is 14.2. The molecule has 1 heterocycles. The van der Waals surface area contributed by atoms with E-state index in [1.54, 1.807) is 17.0 Å². The van der Waals surface area contributed by atoms with Crippen LogP contribution in [0.1, 0.15) is 43.9 Å². The van der Waals surface area contributed by atoms with Crippen molar-refractivity contribution in [1.82, 2.24) is 4.98 Å². The first kappa shape index (κ1) is 19.8. The molecule has 1 aromatic heterocycles. The molecule has 0 spiro atoms. The number of thiazole rings is 1. The van der Waals surface area contributed by atoms with Crippen LogP contribution in [-0.2, 0) is 11.2 Å². The van der Waals surface area contributed by atoms with Gasteiger partial charge >= 0.3 is 0 Å². The van der Waals surface area contributed by atoms with Crippen molar-refractivity contribution in [2.45, 2.75) is 45.4 Å². The van der Waals surface area contributed by atoms with Crippen molar-refractivity contribution < 1.29 is 9.18 Å². The zero-order chi connectivity index (χ0) is 20.2. The van der Waals surface area contributed by atoms with Crippen molar-refractivity contribution in [3.8, 4) is 11.3 Å². The van der Waals surface area contributed by atoms with Crippen molar-refractivity contribution in [1.29, 1.82) is 0 Å². The second kappa shape index (κ2) is 8.87. The van der Waals surface area contributed by atoms with Crippen LogP contribution in [0, 0.1) is 11.7 Å². The maximum absolute atomic E-state index is 14.0. The Bertz CT molecular complexity index is 980. The van der Waals surface area contributed by atoms with Crippen LogP contribution in [0.5, 0.6) is 0 Å². The summed E-state index contributed by atoms with van der Waals surface area (Å²) in [7, 11) is 0. The standard InChI is InChI=1S/C24H25FN2OS/c1-2-21-22(17-10-5-3-6-11-17)26-24(29-21)27(20-15-9-14-19(25)16-20)23(28)18-12-7-4-8-13-18/h3,5-6,9-11,14-16,18H,2,4,7-8,12-13H2,1H3. The monoisotopic (exact) mass is 408 g/mol. The molecule has 1 aliphatic carbocycles. The molecule has 150 valence electrons. The van der Waals surface area contributed by atoms with Crippen molar-refractivity contribution in [3.63, 3.8) is 0 Å². The molecule has 0 N–H and O–H groups in total. The summed E-state index contributed by atoms with van der Waals surface area (Å²) in [4.78, 5) is 21.2. The minimum atomic E-state index is -0.348. The van der Waals surface area contributed by atoms with Gasteiger partial charge in [-0.2, -0.15) is 0 Å². The highest BCUT2D eigenvalue weighted by atomic mass is 32.1. The number of rotatable bonds is 5. The third kappa shape index (κ3) is 4.25. The zero-order valence-corrected chi connectivity index (χ0v) is 17.4. The zero-order valence-electron chi connectivity index (χ0n) is 16.6. The Morgan fingerprint density at radius 1 is 1.10 bits per heavy atom. The Labute approximate surface area is 175 Å². The molecule has 0 unspecified atom stereocenters. The van der Waals surface area contributed by atoms with E-state index in [0.29, 0.717) is 10.8 Å². The average Bonchev–Trinajstić information content (AvgIpc) is 3.19. The minimum Gasteiger partial charge on any atom is -0.274 e. The van der Waals surface area contributed by atoms with Crippen LogP contribution >= 0.6 is 11.3 Å². The quantitative estimate of drug-likeness (QED) is 0.467. The summed E-state index contributed by atoms with van der Waals surface area (Å²) in [6.45, 7) is 2.10. The summed E-state index contributed by atoms with van der Waals surface area (Å²) in [6.07, 6.45) is 5.93. The lowest BCUT2D eigenvalue weighted by Gasteiger charge is -2.27. The molecule has 4 rings (SSSR count). The molecule has 1 aliphatic rings. The number of hydrogen-bond donors (Lipinski definition) is 0. The number of carbonyl (C=O) groups excluding carboxylic acids is 1. The lowest BCUT2D eigenvalue weighted by molar-refractivity contribution is -0.122. The highest BCUT2D eigenvalue weighted by Crippen LogP contribution is 2.39. The van der Waals surface area contributed by atoms with Crippen molar-refractivity contribution in [2.24, 2.45) is 5.92 Å². The fraction of sp³-hybridized carbons (Fsp3) is 0.333. The Morgan fingerprint density at radius 3 is 2.55 bits per heavy atom. The van der Waals surface area contributed by atoms with E-state index in [1.165, 1.54) is 29.9 Å². The fourth-order valence-electron chi connectivity index (χ4n) is 3.98. The lowest BCUT2D eigenvalue weighted by atomic mass is 9.88. The SMILES string of the molecule is CCc1sc(N(C(=O)C2CCCCC2)c2cccc(F)c2)nc1-c1ccccc1. The molecule has 0 atom stereocenters. The number of benzene rings is 2. The van der Waals surface area contributed by atoms with Crippen LogP contribution in [0.2, 0.25) is 0 Å². The van der Waals surface area contributed by atoms with E-state index in [2.05, 4.69) is 6.92 Å². The first-order valence-electron chi connectivity index (χ1n) is 10.3. The molecular formula is C24H25FN2OS. The minimum absolute atomic E-state index is 0.0267. The van der Waals surface area contributed by atoms with Gasteiger partial charge in [0.2, 0.25) is 5.91 Å². The largest absolute Gasteiger partial charge is 0.274 e. The molecule has 3 aromatic rings. The number of aryl methyl sites for hydroxylation is 1. The fourth-order valence-corrected chi connectivity index (χ4v) is 5.02. The van der Waals surface area contributed by atoms with Gasteiger partial charge in [-0.1, -0.05) is 62.6 Å². The molecular weight excluding hydrogens is 383 g/mol. The van der Waals surface area contributed by atoms with E-state index in [9.17, 15) is 9.18 Å². The molecule has 0 aliphatic heterocycles. The van der Waals surface area contributed by atoms with Gasteiger partial charge in [0.15, 0.2) is 5.13 Å². The van der Waals surface area contributed by atoms with Gasteiger partial charge in [0, 0.05) is 16.4 Å². The summed E-state index contributed by atoms with van der Waals surface area (Å²) < 4.78 is 14.0. The smallest absolute Gasteiger partial charge is 0.236 e. The second-order valence-corrected chi connectivity index (χ2v) is 8.54. The van der Waals surface area contributed by atoms with Crippen molar-refractivity contribution in [3.05, 3.63) is 65.3 Å². The normalized spacial score (nSPS) is 14.7. The van der Waals surface area contributed by atoms with Crippen LogP contribution in [0.25, 0.3) is 11.3 Å². The van der Waals surface area contributed by atoms with Crippen LogP contribution in [-0.4, -0.2) is 10.9 Å². The predicted octanol–water partition coefficient (Wildman–Crippen LogP) is 6.76. The third-order valence-electron chi connectivity index (χ3n) is 5.49. The molecule has 1 amide bonds. The van der Waals surface area contributed by atoms with Crippen LogP contribution < -0.4 is 4.90 Å². The van der Waals surface area contributed by atoms with Gasteiger partial charge in [-0.05, 0) is 37.5 Å². The summed E-state index contributed by atoms with van der Waals surface area (Å²) in [5.74, 6) is -0.341. The Morgan fingerprint density at radius 2 is 1.86 bits per heavy atom. The Hall–Kier alpha value is -2.53. The van der Waals surface area contributed by atoms with Crippen molar-refractivity contribution >= 4 is 28.1 Å². The number of hydrogen-bond acceptors (Lipinski definition) is 3. The number of anilines is 2. The molecule has 1 fully saturated rings. The van der Waals surface area contributed by atoms with Crippen molar-refractivity contribution in [2.75, 3.05) is 4.90 Å². The predicted molar refractivity (Wildman–Crippen MR) is 117 cm³/mol. The second-order valence-electron chi connectivity index (χ2n) is 7.48. The van der Waals surface area contributed by atoms with Gasteiger partial charge in [0.05, 0.1) is 11.4 Å². The van der Waals surface area contributed by atoms with E-state index in [-0.39, 0.29) is 17.6 Å². The Balaban J connectivity index is 1.79. The van der Waals surface area contributed by atoms with Gasteiger partial charge < -0.3 is 0 Å². The van der Waals surface area contributed by atoms with Crippen LogP contribution in [0.3, 0.4) is 0 Å². The maximum Gasteiger partial charge on any atom is 0.236 e. The summed E-state index contributed by atoms with van der Waals surface area (Å²) in [5.41, 5.74) is 2.50. The van der Waals surface area contributed by atoms with Gasteiger partial charge in [-0.25, -0.2) is 9.37 Å². The highest BCUT2D eigenvalue weighted by molar-refractivity contribution is 7.16.